The Hall–Kier alpha value is -2.20. The number of carbonyl (C=O) groups is 4. The van der Waals surface area contributed by atoms with Crippen LogP contribution in [0.15, 0.2) is 0 Å². The van der Waals surface area contributed by atoms with Crippen molar-refractivity contribution in [3.05, 3.63) is 0 Å². The number of carbonyl (C=O) groups excluding carboxylic acids is 3. The topological polar surface area (TPSA) is 162 Å². The van der Waals surface area contributed by atoms with Gasteiger partial charge in [0.1, 0.15) is 24.2 Å². The van der Waals surface area contributed by atoms with Crippen molar-refractivity contribution in [2.45, 2.75) is 70.8 Å². The van der Waals surface area contributed by atoms with Crippen LogP contribution in [-0.2, 0) is 19.2 Å². The van der Waals surface area contributed by atoms with Crippen molar-refractivity contribution >= 4 is 23.7 Å². The fourth-order valence-corrected chi connectivity index (χ4v) is 2.84. The van der Waals surface area contributed by atoms with E-state index in [9.17, 15) is 24.3 Å². The summed E-state index contributed by atoms with van der Waals surface area (Å²) in [7, 11) is 0. The van der Waals surface area contributed by atoms with Crippen molar-refractivity contribution in [1.82, 2.24) is 15.5 Å². The van der Waals surface area contributed by atoms with Crippen LogP contribution in [0.1, 0.15) is 40.5 Å². The third-order valence-corrected chi connectivity index (χ3v) is 4.62. The third kappa shape index (κ3) is 5.90. The summed E-state index contributed by atoms with van der Waals surface area (Å²) < 4.78 is 0. The molecule has 0 aromatic rings. The van der Waals surface area contributed by atoms with E-state index in [-0.39, 0.29) is 5.92 Å². The van der Waals surface area contributed by atoms with Crippen molar-refractivity contribution < 1.29 is 29.4 Å². The minimum atomic E-state index is -1.17. The van der Waals surface area contributed by atoms with Gasteiger partial charge in [-0.2, -0.15) is 0 Å². The number of aliphatic hydroxyl groups is 1. The van der Waals surface area contributed by atoms with E-state index < -0.39 is 54.0 Å². The molecule has 0 radical (unpaired) electrons. The van der Waals surface area contributed by atoms with E-state index in [2.05, 4.69) is 10.6 Å². The van der Waals surface area contributed by atoms with Crippen molar-refractivity contribution in [1.29, 1.82) is 0 Å². The molecular weight excluding hydrogens is 356 g/mol. The Morgan fingerprint density at radius 1 is 1.11 bits per heavy atom. The van der Waals surface area contributed by atoms with Gasteiger partial charge in [-0.1, -0.05) is 13.8 Å². The number of aliphatic carboxylic acids is 1. The molecule has 0 spiro atoms. The maximum absolute atomic E-state index is 13.0. The van der Waals surface area contributed by atoms with Crippen LogP contribution >= 0.6 is 0 Å². The van der Waals surface area contributed by atoms with Crippen LogP contribution < -0.4 is 16.4 Å². The lowest BCUT2D eigenvalue weighted by Gasteiger charge is -2.31. The lowest BCUT2D eigenvalue weighted by atomic mass is 10.0. The molecule has 1 saturated heterocycles. The molecule has 10 nitrogen and oxygen atoms in total. The average Bonchev–Trinajstić information content (AvgIpc) is 3.07. The Morgan fingerprint density at radius 2 is 1.70 bits per heavy atom. The van der Waals surface area contributed by atoms with E-state index >= 15 is 0 Å². The smallest absolute Gasteiger partial charge is 0.325 e. The van der Waals surface area contributed by atoms with Crippen LogP contribution in [-0.4, -0.2) is 75.6 Å². The van der Waals surface area contributed by atoms with Crippen molar-refractivity contribution in [3.8, 4) is 0 Å². The molecule has 10 heteroatoms. The quantitative estimate of drug-likeness (QED) is 0.336. The maximum atomic E-state index is 13.0. The van der Waals surface area contributed by atoms with Gasteiger partial charge in [0.2, 0.25) is 17.7 Å². The molecule has 0 saturated carbocycles. The van der Waals surface area contributed by atoms with Gasteiger partial charge in [-0.15, -0.1) is 0 Å². The summed E-state index contributed by atoms with van der Waals surface area (Å²) in [5, 5.41) is 23.3. The van der Waals surface area contributed by atoms with Gasteiger partial charge in [-0.3, -0.25) is 19.2 Å². The maximum Gasteiger partial charge on any atom is 0.325 e. The van der Waals surface area contributed by atoms with Gasteiger partial charge in [0, 0.05) is 6.54 Å². The Kier molecular flexibility index (Phi) is 8.17. The van der Waals surface area contributed by atoms with Gasteiger partial charge in [-0.05, 0) is 32.6 Å². The molecule has 0 aliphatic carbocycles. The minimum absolute atomic E-state index is 0.273. The molecule has 1 rings (SSSR count). The number of carboxylic acids is 1. The number of likely N-dealkylation sites (tertiary alicyclic amines) is 1. The molecule has 0 bridgehead atoms. The van der Waals surface area contributed by atoms with Crippen molar-refractivity contribution in [2.24, 2.45) is 11.7 Å². The Labute approximate surface area is 158 Å². The summed E-state index contributed by atoms with van der Waals surface area (Å²) in [6.45, 7) is 6.54. The first-order valence-electron chi connectivity index (χ1n) is 9.05. The molecule has 1 fully saturated rings. The second kappa shape index (κ2) is 9.65. The highest BCUT2D eigenvalue weighted by molar-refractivity contribution is 5.94. The van der Waals surface area contributed by atoms with Crippen LogP contribution in [0.5, 0.6) is 0 Å². The molecule has 1 heterocycles. The molecule has 3 amide bonds. The van der Waals surface area contributed by atoms with Gasteiger partial charge >= 0.3 is 5.97 Å². The number of hydrogen-bond donors (Lipinski definition) is 5. The highest BCUT2D eigenvalue weighted by atomic mass is 16.4. The summed E-state index contributed by atoms with van der Waals surface area (Å²) in [6.07, 6.45) is -0.0664. The summed E-state index contributed by atoms with van der Waals surface area (Å²) in [5.74, 6) is -3.07. The molecule has 0 aromatic heterocycles. The number of rotatable bonds is 8. The number of nitrogens with one attached hydrogen (secondary N) is 2. The normalized spacial score (nSPS) is 21.3. The summed E-state index contributed by atoms with van der Waals surface area (Å²) >= 11 is 0. The lowest BCUT2D eigenvalue weighted by molar-refractivity contribution is -0.145. The second-order valence-electron chi connectivity index (χ2n) is 7.25. The fraction of sp³-hybridized carbons (Fsp3) is 0.765. The van der Waals surface area contributed by atoms with E-state index in [1.165, 1.54) is 18.7 Å². The SMILES string of the molecule is CC(NC(=O)C1CCCN1C(=O)C(NC(=O)C(N)C(C)O)C(C)C)C(=O)O. The zero-order chi connectivity index (χ0) is 20.9. The summed E-state index contributed by atoms with van der Waals surface area (Å²) in [6, 6.07) is -3.94. The van der Waals surface area contributed by atoms with Crippen LogP contribution in [0.4, 0.5) is 0 Å². The van der Waals surface area contributed by atoms with Gasteiger partial charge in [-0.25, -0.2) is 0 Å². The van der Waals surface area contributed by atoms with Gasteiger partial charge in [0.25, 0.3) is 0 Å². The van der Waals surface area contributed by atoms with Crippen LogP contribution in [0.2, 0.25) is 0 Å². The number of aliphatic hydroxyl groups excluding tert-OH is 1. The monoisotopic (exact) mass is 386 g/mol. The zero-order valence-corrected chi connectivity index (χ0v) is 16.1. The van der Waals surface area contributed by atoms with Gasteiger partial charge in [0.05, 0.1) is 6.10 Å². The number of nitrogens with zero attached hydrogens (tertiary/aromatic N) is 1. The Balaban J connectivity index is 2.89. The minimum Gasteiger partial charge on any atom is -0.480 e. The first-order valence-corrected chi connectivity index (χ1v) is 9.05. The summed E-state index contributed by atoms with van der Waals surface area (Å²) in [4.78, 5) is 49.8. The summed E-state index contributed by atoms with van der Waals surface area (Å²) in [5.41, 5.74) is 5.61. The molecular formula is C17H30N4O6. The van der Waals surface area contributed by atoms with Crippen LogP contribution in [0.3, 0.4) is 0 Å². The highest BCUT2D eigenvalue weighted by Crippen LogP contribution is 2.20. The second-order valence-corrected chi connectivity index (χ2v) is 7.25. The van der Waals surface area contributed by atoms with E-state index in [1.807, 2.05) is 0 Å². The third-order valence-electron chi connectivity index (χ3n) is 4.62. The lowest BCUT2D eigenvalue weighted by Crippen LogP contribution is -2.59. The van der Waals surface area contributed by atoms with E-state index in [0.29, 0.717) is 19.4 Å². The molecule has 154 valence electrons. The first-order chi connectivity index (χ1) is 12.5. The number of amides is 3. The number of carboxylic acid groups (broad SMARTS) is 1. The van der Waals surface area contributed by atoms with E-state index in [0.717, 1.165) is 0 Å². The van der Waals surface area contributed by atoms with Crippen LogP contribution in [0, 0.1) is 5.92 Å². The standard InChI is InChI=1S/C17H30N4O6/c1-8(2)13(20-15(24)12(18)10(4)22)16(25)21-7-5-6-11(21)14(23)19-9(3)17(26)27/h8-13,22H,5-7,18H2,1-4H3,(H,19,23)(H,20,24)(H,26,27). The van der Waals surface area contributed by atoms with E-state index in [4.69, 9.17) is 10.8 Å². The largest absolute Gasteiger partial charge is 0.480 e. The van der Waals surface area contributed by atoms with Gasteiger partial charge < -0.3 is 31.5 Å². The molecule has 5 unspecified atom stereocenters. The molecule has 5 atom stereocenters. The zero-order valence-electron chi connectivity index (χ0n) is 16.1. The molecule has 0 aromatic carbocycles. The Morgan fingerprint density at radius 3 is 2.19 bits per heavy atom. The molecule has 27 heavy (non-hydrogen) atoms. The molecule has 1 aliphatic rings. The van der Waals surface area contributed by atoms with E-state index in [1.54, 1.807) is 13.8 Å². The number of hydrogen-bond acceptors (Lipinski definition) is 6. The van der Waals surface area contributed by atoms with Crippen molar-refractivity contribution in [3.63, 3.8) is 0 Å². The predicted molar refractivity (Wildman–Crippen MR) is 96.4 cm³/mol. The number of nitrogens with two attached hydrogens (primary N) is 1. The average molecular weight is 386 g/mol. The molecule has 1 aliphatic heterocycles. The van der Waals surface area contributed by atoms with Gasteiger partial charge in [0.15, 0.2) is 0 Å². The Bertz CT molecular complexity index is 580. The van der Waals surface area contributed by atoms with Crippen molar-refractivity contribution in [2.75, 3.05) is 6.54 Å². The molecule has 6 N–H and O–H groups in total. The van der Waals surface area contributed by atoms with Crippen LogP contribution in [0.25, 0.3) is 0 Å². The first kappa shape index (κ1) is 22.8. The fourth-order valence-electron chi connectivity index (χ4n) is 2.84. The predicted octanol–water partition coefficient (Wildman–Crippen LogP) is -1.58. The highest BCUT2D eigenvalue weighted by Gasteiger charge is 2.39.